The van der Waals surface area contributed by atoms with Crippen molar-refractivity contribution in [1.29, 1.82) is 0 Å². The largest absolute Gasteiger partial charge is 0.325 e. The Morgan fingerprint density at radius 3 is 2.49 bits per heavy atom. The standard InChI is InChI=1S/C26H26N4O4S3/c1-17-5-7-18(8-6-17)21-15-35-25-23(21)24(32)28-26(29-25)36-16-22(31)27-19-9-11-20(12-10-19)37(33,34)30-13-3-2-4-14-30/h5-12,15H,2-4,13-14,16H2,1H3,(H,27,31)(H,28,29,32). The van der Waals surface area contributed by atoms with Crippen molar-refractivity contribution in [1.82, 2.24) is 14.3 Å². The van der Waals surface area contributed by atoms with Gasteiger partial charge in [-0.25, -0.2) is 13.4 Å². The molecule has 0 spiro atoms. The van der Waals surface area contributed by atoms with Crippen LogP contribution < -0.4 is 10.9 Å². The number of hydrogen-bond donors (Lipinski definition) is 2. The molecule has 0 radical (unpaired) electrons. The molecule has 1 aliphatic rings. The maximum atomic E-state index is 12.8. The summed E-state index contributed by atoms with van der Waals surface area (Å²) in [6, 6.07) is 14.2. The topological polar surface area (TPSA) is 112 Å². The molecule has 8 nitrogen and oxygen atoms in total. The zero-order valence-electron chi connectivity index (χ0n) is 20.2. The second-order valence-electron chi connectivity index (χ2n) is 8.89. The van der Waals surface area contributed by atoms with Gasteiger partial charge in [-0.3, -0.25) is 9.59 Å². The number of carbonyl (C=O) groups is 1. The van der Waals surface area contributed by atoms with Gasteiger partial charge in [-0.15, -0.1) is 11.3 Å². The van der Waals surface area contributed by atoms with Gasteiger partial charge in [-0.05, 0) is 49.6 Å². The lowest BCUT2D eigenvalue weighted by Crippen LogP contribution is -2.35. The van der Waals surface area contributed by atoms with Crippen LogP contribution >= 0.6 is 23.1 Å². The highest BCUT2D eigenvalue weighted by Crippen LogP contribution is 2.31. The molecule has 1 fully saturated rings. The fourth-order valence-corrected chi connectivity index (χ4v) is 7.42. The van der Waals surface area contributed by atoms with E-state index in [2.05, 4.69) is 15.3 Å². The van der Waals surface area contributed by atoms with Crippen molar-refractivity contribution in [3.05, 3.63) is 69.8 Å². The molecular formula is C26H26N4O4S3. The molecule has 5 rings (SSSR count). The Morgan fingerprint density at radius 2 is 1.78 bits per heavy atom. The van der Waals surface area contributed by atoms with Crippen LogP contribution in [0.4, 0.5) is 5.69 Å². The molecule has 0 aliphatic carbocycles. The van der Waals surface area contributed by atoms with Crippen molar-refractivity contribution in [3.63, 3.8) is 0 Å². The second-order valence-corrected chi connectivity index (χ2v) is 12.7. The number of nitrogens with one attached hydrogen (secondary N) is 2. The molecule has 1 aliphatic heterocycles. The average molecular weight is 555 g/mol. The number of thioether (sulfide) groups is 1. The van der Waals surface area contributed by atoms with Crippen LogP contribution in [-0.4, -0.2) is 47.4 Å². The van der Waals surface area contributed by atoms with E-state index in [4.69, 9.17) is 0 Å². The SMILES string of the molecule is Cc1ccc(-c2csc3nc(SCC(=O)Nc4ccc(S(=O)(=O)N5CCCCC5)cc4)[nH]c(=O)c23)cc1. The van der Waals surface area contributed by atoms with Crippen LogP contribution in [0.2, 0.25) is 0 Å². The summed E-state index contributed by atoms with van der Waals surface area (Å²) in [6.45, 7) is 3.09. The van der Waals surface area contributed by atoms with Gasteiger partial charge in [0.25, 0.3) is 5.56 Å². The molecule has 2 N–H and O–H groups in total. The normalized spacial score (nSPS) is 14.6. The van der Waals surface area contributed by atoms with Gasteiger partial charge in [0.05, 0.1) is 16.0 Å². The van der Waals surface area contributed by atoms with E-state index in [0.717, 1.165) is 47.7 Å². The van der Waals surface area contributed by atoms with Crippen LogP contribution in [-0.2, 0) is 14.8 Å². The number of aromatic nitrogens is 2. The van der Waals surface area contributed by atoms with E-state index in [9.17, 15) is 18.0 Å². The first-order valence-corrected chi connectivity index (χ1v) is 15.2. The fourth-order valence-electron chi connectivity index (χ4n) is 4.24. The van der Waals surface area contributed by atoms with Crippen LogP contribution in [0.3, 0.4) is 0 Å². The summed E-state index contributed by atoms with van der Waals surface area (Å²) in [6.07, 6.45) is 2.80. The minimum atomic E-state index is -3.52. The van der Waals surface area contributed by atoms with Gasteiger partial charge >= 0.3 is 0 Å². The van der Waals surface area contributed by atoms with Gasteiger partial charge in [-0.2, -0.15) is 4.31 Å². The molecule has 0 unspecified atom stereocenters. The Hall–Kier alpha value is -2.99. The number of carbonyl (C=O) groups excluding carboxylic acids is 1. The van der Waals surface area contributed by atoms with E-state index < -0.39 is 10.0 Å². The molecule has 1 saturated heterocycles. The van der Waals surface area contributed by atoms with Crippen LogP contribution in [0.25, 0.3) is 21.3 Å². The molecule has 1 amide bonds. The summed E-state index contributed by atoms with van der Waals surface area (Å²) in [5, 5.41) is 5.60. The van der Waals surface area contributed by atoms with E-state index >= 15 is 0 Å². The van der Waals surface area contributed by atoms with Gasteiger partial charge in [0.2, 0.25) is 15.9 Å². The Bertz CT molecular complexity index is 1590. The summed E-state index contributed by atoms with van der Waals surface area (Å²) in [5.74, 6) is -0.246. The van der Waals surface area contributed by atoms with Crippen molar-refractivity contribution >= 4 is 54.9 Å². The number of aromatic amines is 1. The number of fused-ring (bicyclic) bond motifs is 1. The Labute approximate surface area is 223 Å². The highest BCUT2D eigenvalue weighted by molar-refractivity contribution is 7.99. The molecule has 192 valence electrons. The van der Waals surface area contributed by atoms with E-state index in [-0.39, 0.29) is 22.1 Å². The molecule has 2 aromatic carbocycles. The Morgan fingerprint density at radius 1 is 1.08 bits per heavy atom. The van der Waals surface area contributed by atoms with E-state index in [1.807, 2.05) is 36.6 Å². The number of anilines is 1. The van der Waals surface area contributed by atoms with Gasteiger partial charge in [0.15, 0.2) is 5.16 Å². The van der Waals surface area contributed by atoms with Gasteiger partial charge in [-0.1, -0.05) is 48.0 Å². The van der Waals surface area contributed by atoms with Crippen molar-refractivity contribution in [2.24, 2.45) is 0 Å². The Kier molecular flexibility index (Phi) is 7.47. The first kappa shape index (κ1) is 25.7. The quantitative estimate of drug-likeness (QED) is 0.249. The number of benzene rings is 2. The summed E-state index contributed by atoms with van der Waals surface area (Å²) in [7, 11) is -3.52. The molecule has 0 saturated carbocycles. The monoisotopic (exact) mass is 554 g/mol. The zero-order valence-corrected chi connectivity index (χ0v) is 22.6. The van der Waals surface area contributed by atoms with Gasteiger partial charge in [0.1, 0.15) is 4.83 Å². The molecule has 37 heavy (non-hydrogen) atoms. The predicted molar refractivity (Wildman–Crippen MR) is 149 cm³/mol. The Balaban J connectivity index is 1.23. The summed E-state index contributed by atoms with van der Waals surface area (Å²) < 4.78 is 27.1. The molecule has 0 bridgehead atoms. The molecule has 2 aromatic heterocycles. The van der Waals surface area contributed by atoms with Gasteiger partial charge in [0, 0.05) is 29.7 Å². The number of H-pyrrole nitrogens is 1. The average Bonchev–Trinajstić information content (AvgIpc) is 3.33. The number of piperidine rings is 1. The summed E-state index contributed by atoms with van der Waals surface area (Å²) in [5.41, 5.74) is 3.20. The maximum Gasteiger partial charge on any atom is 0.260 e. The number of rotatable bonds is 7. The molecule has 11 heteroatoms. The zero-order chi connectivity index (χ0) is 26.0. The van der Waals surface area contributed by atoms with Crippen molar-refractivity contribution in [3.8, 4) is 11.1 Å². The lowest BCUT2D eigenvalue weighted by Gasteiger charge is -2.25. The third-order valence-corrected chi connectivity index (χ3v) is 9.87. The number of aryl methyl sites for hydroxylation is 1. The minimum absolute atomic E-state index is 0.0401. The van der Waals surface area contributed by atoms with Crippen LogP contribution in [0.5, 0.6) is 0 Å². The van der Waals surface area contributed by atoms with Crippen molar-refractivity contribution < 1.29 is 13.2 Å². The fraction of sp³-hybridized carbons (Fsp3) is 0.269. The third-order valence-electron chi connectivity index (χ3n) is 6.22. The van der Waals surface area contributed by atoms with E-state index in [0.29, 0.717) is 34.1 Å². The predicted octanol–water partition coefficient (Wildman–Crippen LogP) is 4.87. The molecule has 3 heterocycles. The highest BCUT2D eigenvalue weighted by Gasteiger charge is 2.25. The van der Waals surface area contributed by atoms with Crippen molar-refractivity contribution in [2.45, 2.75) is 36.2 Å². The lowest BCUT2D eigenvalue weighted by molar-refractivity contribution is -0.113. The van der Waals surface area contributed by atoms with Crippen LogP contribution in [0.15, 0.2) is 68.8 Å². The molecule has 0 atom stereocenters. The number of sulfonamides is 1. The summed E-state index contributed by atoms with van der Waals surface area (Å²) in [4.78, 5) is 33.5. The smallest absolute Gasteiger partial charge is 0.260 e. The number of amides is 1. The second kappa shape index (κ2) is 10.8. The van der Waals surface area contributed by atoms with Crippen molar-refractivity contribution in [2.75, 3.05) is 24.2 Å². The van der Waals surface area contributed by atoms with Crippen LogP contribution in [0, 0.1) is 6.92 Å². The van der Waals surface area contributed by atoms with Crippen LogP contribution in [0.1, 0.15) is 24.8 Å². The molecular weight excluding hydrogens is 529 g/mol. The van der Waals surface area contributed by atoms with Gasteiger partial charge < -0.3 is 10.3 Å². The summed E-state index contributed by atoms with van der Waals surface area (Å²) >= 11 is 2.53. The molecule has 4 aromatic rings. The lowest BCUT2D eigenvalue weighted by atomic mass is 10.1. The van der Waals surface area contributed by atoms with E-state index in [1.54, 1.807) is 12.1 Å². The maximum absolute atomic E-state index is 12.8. The highest BCUT2D eigenvalue weighted by atomic mass is 32.2. The first-order chi connectivity index (χ1) is 17.8. The number of hydrogen-bond acceptors (Lipinski definition) is 7. The number of thiophene rings is 1. The van der Waals surface area contributed by atoms with E-state index in [1.165, 1.54) is 27.8 Å². The number of nitrogens with zero attached hydrogens (tertiary/aromatic N) is 2. The first-order valence-electron chi connectivity index (χ1n) is 11.9. The minimum Gasteiger partial charge on any atom is -0.325 e. The third kappa shape index (κ3) is 5.64.